The van der Waals surface area contributed by atoms with Crippen LogP contribution in [-0.4, -0.2) is 42.3 Å². The number of thiophene rings is 1. The molecule has 1 saturated heterocycles. The molecule has 2 heterocycles. The van der Waals surface area contributed by atoms with Gasteiger partial charge in [0.25, 0.3) is 5.91 Å². The van der Waals surface area contributed by atoms with Gasteiger partial charge in [-0.05, 0) is 45.0 Å². The molecule has 1 atom stereocenters. The van der Waals surface area contributed by atoms with Gasteiger partial charge < -0.3 is 5.32 Å². The van der Waals surface area contributed by atoms with Crippen molar-refractivity contribution in [3.05, 3.63) is 21.9 Å². The fourth-order valence-electron chi connectivity index (χ4n) is 2.49. The van der Waals surface area contributed by atoms with Crippen LogP contribution < -0.4 is 5.32 Å². The second-order valence-electron chi connectivity index (χ2n) is 4.85. The lowest BCUT2D eigenvalue weighted by Crippen LogP contribution is -2.39. The molecule has 1 aliphatic rings. The fourth-order valence-corrected chi connectivity index (χ4v) is 3.31. The number of amides is 1. The van der Waals surface area contributed by atoms with Gasteiger partial charge in [-0.3, -0.25) is 14.5 Å². The number of ketones is 1. The summed E-state index contributed by atoms with van der Waals surface area (Å²) >= 11 is 1.26. The molecule has 1 fully saturated rings. The second kappa shape index (κ2) is 6.30. The highest BCUT2D eigenvalue weighted by atomic mass is 32.1. The van der Waals surface area contributed by atoms with Crippen LogP contribution in [0.3, 0.4) is 0 Å². The first-order valence-electron chi connectivity index (χ1n) is 6.74. The van der Waals surface area contributed by atoms with Gasteiger partial charge in [-0.1, -0.05) is 6.92 Å². The van der Waals surface area contributed by atoms with Crippen LogP contribution in [0, 0.1) is 0 Å². The van der Waals surface area contributed by atoms with Gasteiger partial charge in [-0.2, -0.15) is 0 Å². The minimum atomic E-state index is -0.0690. The third-order valence-corrected chi connectivity index (χ3v) is 4.77. The third-order valence-electron chi connectivity index (χ3n) is 3.58. The highest BCUT2D eigenvalue weighted by Crippen LogP contribution is 2.18. The zero-order valence-electron chi connectivity index (χ0n) is 11.4. The summed E-state index contributed by atoms with van der Waals surface area (Å²) in [4.78, 5) is 26.9. The smallest absolute Gasteiger partial charge is 0.261 e. The zero-order valence-corrected chi connectivity index (χ0v) is 12.3. The maximum absolute atomic E-state index is 12.0. The Morgan fingerprint density at radius 1 is 1.42 bits per heavy atom. The Labute approximate surface area is 117 Å². The molecule has 5 heteroatoms. The summed E-state index contributed by atoms with van der Waals surface area (Å²) in [5.41, 5.74) is 0. The van der Waals surface area contributed by atoms with Gasteiger partial charge >= 0.3 is 0 Å². The molecule has 0 radical (unpaired) electrons. The maximum atomic E-state index is 12.0. The normalized spacial score (nSPS) is 19.6. The number of carbonyl (C=O) groups excluding carboxylic acids is 2. The van der Waals surface area contributed by atoms with Gasteiger partial charge in [0.05, 0.1) is 9.75 Å². The van der Waals surface area contributed by atoms with Crippen molar-refractivity contribution in [2.75, 3.05) is 19.6 Å². The molecule has 0 aliphatic carbocycles. The molecule has 0 bridgehead atoms. The number of carbonyl (C=O) groups is 2. The van der Waals surface area contributed by atoms with E-state index < -0.39 is 0 Å². The van der Waals surface area contributed by atoms with Gasteiger partial charge in [-0.15, -0.1) is 11.3 Å². The van der Waals surface area contributed by atoms with Gasteiger partial charge in [-0.25, -0.2) is 0 Å². The summed E-state index contributed by atoms with van der Waals surface area (Å²) in [7, 11) is 0. The summed E-state index contributed by atoms with van der Waals surface area (Å²) in [6.07, 6.45) is 2.36. The Hall–Kier alpha value is -1.20. The van der Waals surface area contributed by atoms with E-state index >= 15 is 0 Å². The number of nitrogens with one attached hydrogen (secondary N) is 1. The number of Topliss-reactive ketones (excluding diaryl/α,β-unsaturated/α-hetero) is 1. The Morgan fingerprint density at radius 2 is 2.16 bits per heavy atom. The van der Waals surface area contributed by atoms with Crippen LogP contribution >= 0.6 is 11.3 Å². The van der Waals surface area contributed by atoms with Crippen LogP contribution in [0.4, 0.5) is 0 Å². The van der Waals surface area contributed by atoms with E-state index in [-0.39, 0.29) is 11.7 Å². The molecule has 0 spiro atoms. The average Bonchev–Trinajstić information content (AvgIpc) is 3.04. The molecule has 2 rings (SSSR count). The molecule has 1 aliphatic heterocycles. The Kier molecular flexibility index (Phi) is 4.71. The number of rotatable bonds is 5. The second-order valence-corrected chi connectivity index (χ2v) is 5.94. The number of hydrogen-bond donors (Lipinski definition) is 1. The van der Waals surface area contributed by atoms with Crippen LogP contribution in [0.25, 0.3) is 0 Å². The molecular formula is C14H20N2O2S. The van der Waals surface area contributed by atoms with Crippen LogP contribution in [0.5, 0.6) is 0 Å². The van der Waals surface area contributed by atoms with Crippen molar-refractivity contribution in [3.8, 4) is 0 Å². The lowest BCUT2D eigenvalue weighted by molar-refractivity contribution is 0.0945. The van der Waals surface area contributed by atoms with Crippen molar-refractivity contribution in [1.29, 1.82) is 0 Å². The molecule has 1 N–H and O–H groups in total. The molecule has 4 nitrogen and oxygen atoms in total. The highest BCUT2D eigenvalue weighted by molar-refractivity contribution is 7.15. The monoisotopic (exact) mass is 280 g/mol. The lowest BCUT2D eigenvalue weighted by Gasteiger charge is -2.22. The molecule has 1 aromatic rings. The molecule has 1 unspecified atom stereocenters. The largest absolute Gasteiger partial charge is 0.350 e. The van der Waals surface area contributed by atoms with Crippen LogP contribution in [-0.2, 0) is 0 Å². The van der Waals surface area contributed by atoms with E-state index in [2.05, 4.69) is 17.1 Å². The molecule has 1 amide bonds. The van der Waals surface area contributed by atoms with Crippen molar-refractivity contribution in [2.24, 2.45) is 0 Å². The quantitative estimate of drug-likeness (QED) is 0.841. The summed E-state index contributed by atoms with van der Waals surface area (Å²) < 4.78 is 0. The zero-order chi connectivity index (χ0) is 13.8. The van der Waals surface area contributed by atoms with E-state index in [1.165, 1.54) is 24.7 Å². The van der Waals surface area contributed by atoms with Gasteiger partial charge in [0.15, 0.2) is 5.78 Å². The van der Waals surface area contributed by atoms with Gasteiger partial charge in [0, 0.05) is 12.6 Å². The predicted octanol–water partition coefficient (Wildman–Crippen LogP) is 2.16. The van der Waals surface area contributed by atoms with E-state index in [0.29, 0.717) is 22.3 Å². The van der Waals surface area contributed by atoms with E-state index in [9.17, 15) is 9.59 Å². The van der Waals surface area contributed by atoms with E-state index in [0.717, 1.165) is 19.5 Å². The fraction of sp³-hybridized carbons (Fsp3) is 0.571. The number of likely N-dealkylation sites (tertiary alicyclic amines) is 1. The van der Waals surface area contributed by atoms with Crippen molar-refractivity contribution in [3.63, 3.8) is 0 Å². The third kappa shape index (κ3) is 3.42. The highest BCUT2D eigenvalue weighted by Gasteiger charge is 2.23. The van der Waals surface area contributed by atoms with Crippen LogP contribution in [0.2, 0.25) is 0 Å². The van der Waals surface area contributed by atoms with E-state index in [1.54, 1.807) is 12.1 Å². The van der Waals surface area contributed by atoms with Gasteiger partial charge in [0.2, 0.25) is 0 Å². The Morgan fingerprint density at radius 3 is 2.79 bits per heavy atom. The molecule has 0 saturated carbocycles. The first-order chi connectivity index (χ1) is 9.11. The van der Waals surface area contributed by atoms with E-state index in [1.807, 2.05) is 0 Å². The van der Waals surface area contributed by atoms with E-state index in [4.69, 9.17) is 0 Å². The average molecular weight is 280 g/mol. The Balaban J connectivity index is 1.88. The summed E-state index contributed by atoms with van der Waals surface area (Å²) in [5.74, 6) is -0.0579. The summed E-state index contributed by atoms with van der Waals surface area (Å²) in [5, 5.41) is 2.98. The first-order valence-corrected chi connectivity index (χ1v) is 7.56. The molecule has 0 aromatic carbocycles. The maximum Gasteiger partial charge on any atom is 0.261 e. The number of nitrogens with zero attached hydrogens (tertiary/aromatic N) is 1. The lowest BCUT2D eigenvalue weighted by atomic mass is 10.2. The van der Waals surface area contributed by atoms with Crippen LogP contribution in [0.15, 0.2) is 12.1 Å². The molecule has 1 aromatic heterocycles. The molecule has 19 heavy (non-hydrogen) atoms. The topological polar surface area (TPSA) is 49.4 Å². The summed E-state index contributed by atoms with van der Waals surface area (Å²) in [6, 6.07) is 3.90. The van der Waals surface area contributed by atoms with Crippen molar-refractivity contribution < 1.29 is 9.59 Å². The van der Waals surface area contributed by atoms with Gasteiger partial charge in [0.1, 0.15) is 0 Å². The number of hydrogen-bond acceptors (Lipinski definition) is 4. The molecule has 104 valence electrons. The summed E-state index contributed by atoms with van der Waals surface area (Å²) in [6.45, 7) is 6.53. The van der Waals surface area contributed by atoms with Crippen molar-refractivity contribution >= 4 is 23.0 Å². The van der Waals surface area contributed by atoms with Crippen molar-refractivity contribution in [2.45, 2.75) is 32.7 Å². The SMILES string of the molecule is CCN1CCCC1CNC(=O)c1ccc(C(C)=O)s1. The Bertz CT molecular complexity index is 470. The number of likely N-dealkylation sites (N-methyl/N-ethyl adjacent to an activating group) is 1. The predicted molar refractivity (Wildman–Crippen MR) is 76.9 cm³/mol. The first kappa shape index (κ1) is 14.2. The standard InChI is InChI=1S/C14H20N2O2S/c1-3-16-8-4-5-11(16)9-15-14(18)13-7-6-12(19-13)10(2)17/h6-7,11H,3-5,8-9H2,1-2H3,(H,15,18). The molecular weight excluding hydrogens is 260 g/mol. The van der Waals surface area contributed by atoms with Crippen LogP contribution in [0.1, 0.15) is 46.0 Å². The minimum Gasteiger partial charge on any atom is -0.350 e. The minimum absolute atomic E-state index is 0.0111. The van der Waals surface area contributed by atoms with Crippen molar-refractivity contribution in [1.82, 2.24) is 10.2 Å².